The average molecular weight is 173 g/mol. The zero-order chi connectivity index (χ0) is 8.27. The van der Waals surface area contributed by atoms with E-state index >= 15 is 0 Å². The number of carbonyl (C=O) groups is 1. The molecule has 0 aliphatic rings. The van der Waals surface area contributed by atoms with Crippen molar-refractivity contribution in [3.63, 3.8) is 0 Å². The summed E-state index contributed by atoms with van der Waals surface area (Å²) >= 11 is 5.51. The lowest BCUT2D eigenvalue weighted by atomic mass is 10.6. The SMILES string of the molecule is O=CCn1cc(Cl)cnc1=O. The molecule has 0 bridgehead atoms. The van der Waals surface area contributed by atoms with Gasteiger partial charge in [-0.1, -0.05) is 11.6 Å². The number of aldehydes is 1. The Hall–Kier alpha value is -1.16. The van der Waals surface area contributed by atoms with Crippen LogP contribution in [0.1, 0.15) is 0 Å². The fourth-order valence-electron chi connectivity index (χ4n) is 0.640. The van der Waals surface area contributed by atoms with E-state index in [1.54, 1.807) is 0 Å². The third-order valence-electron chi connectivity index (χ3n) is 1.09. The fraction of sp³-hybridized carbons (Fsp3) is 0.167. The van der Waals surface area contributed by atoms with Gasteiger partial charge < -0.3 is 4.79 Å². The maximum absolute atomic E-state index is 10.8. The Labute approximate surface area is 67.4 Å². The minimum absolute atomic E-state index is 0.00755. The first-order valence-corrected chi connectivity index (χ1v) is 3.27. The molecule has 11 heavy (non-hydrogen) atoms. The number of hydrogen-bond donors (Lipinski definition) is 0. The molecule has 0 N–H and O–H groups in total. The van der Waals surface area contributed by atoms with Crippen LogP contribution < -0.4 is 5.69 Å². The molecule has 0 atom stereocenters. The summed E-state index contributed by atoms with van der Waals surface area (Å²) in [5.74, 6) is 0. The van der Waals surface area contributed by atoms with Gasteiger partial charge in [-0.25, -0.2) is 9.78 Å². The molecule has 0 saturated heterocycles. The van der Waals surface area contributed by atoms with Gasteiger partial charge in [-0.05, 0) is 0 Å². The molecule has 1 heterocycles. The van der Waals surface area contributed by atoms with Gasteiger partial charge in [0.1, 0.15) is 6.29 Å². The maximum atomic E-state index is 10.8. The van der Waals surface area contributed by atoms with E-state index in [0.717, 1.165) is 4.57 Å². The smallest absolute Gasteiger partial charge is 0.301 e. The number of nitrogens with zero attached hydrogens (tertiary/aromatic N) is 2. The van der Waals surface area contributed by atoms with Crippen LogP contribution in [0.3, 0.4) is 0 Å². The summed E-state index contributed by atoms with van der Waals surface area (Å²) in [4.78, 5) is 24.2. The van der Waals surface area contributed by atoms with Gasteiger partial charge in [0.2, 0.25) is 0 Å². The molecule has 0 fully saturated rings. The molecule has 0 saturated carbocycles. The van der Waals surface area contributed by atoms with Crippen LogP contribution in [0.2, 0.25) is 5.02 Å². The Morgan fingerprint density at radius 1 is 1.73 bits per heavy atom. The Bertz CT molecular complexity index is 321. The second-order valence-electron chi connectivity index (χ2n) is 1.87. The zero-order valence-corrected chi connectivity index (χ0v) is 6.28. The van der Waals surface area contributed by atoms with Crippen molar-refractivity contribution < 1.29 is 4.79 Å². The van der Waals surface area contributed by atoms with Crippen molar-refractivity contribution in [1.82, 2.24) is 9.55 Å². The number of halogens is 1. The predicted molar refractivity (Wildman–Crippen MR) is 39.6 cm³/mol. The second-order valence-corrected chi connectivity index (χ2v) is 2.31. The van der Waals surface area contributed by atoms with Gasteiger partial charge in [-0.15, -0.1) is 0 Å². The van der Waals surface area contributed by atoms with Crippen LogP contribution in [0.5, 0.6) is 0 Å². The minimum Gasteiger partial charge on any atom is -0.301 e. The normalized spacial score (nSPS) is 9.55. The van der Waals surface area contributed by atoms with Crippen molar-refractivity contribution in [2.75, 3.05) is 0 Å². The van der Waals surface area contributed by atoms with Crippen LogP contribution in [0.25, 0.3) is 0 Å². The number of rotatable bonds is 2. The second kappa shape index (κ2) is 3.30. The summed E-state index contributed by atoms with van der Waals surface area (Å²) in [6, 6.07) is 0. The van der Waals surface area contributed by atoms with Gasteiger partial charge in [0.25, 0.3) is 0 Å². The summed E-state index contributed by atoms with van der Waals surface area (Å²) in [6.45, 7) is -0.00755. The lowest BCUT2D eigenvalue weighted by Crippen LogP contribution is -2.22. The van der Waals surface area contributed by atoms with Crippen LogP contribution >= 0.6 is 11.6 Å². The highest BCUT2D eigenvalue weighted by Crippen LogP contribution is 2.00. The van der Waals surface area contributed by atoms with Crippen molar-refractivity contribution in [2.24, 2.45) is 0 Å². The standard InChI is InChI=1S/C6H5ClN2O2/c7-5-3-8-6(11)9(4-5)1-2-10/h2-4H,1H2. The van der Waals surface area contributed by atoms with Crippen LogP contribution in [0.4, 0.5) is 0 Å². The predicted octanol–water partition coefficient (Wildman–Crippen LogP) is 0.0956. The van der Waals surface area contributed by atoms with Crippen LogP contribution in [0, 0.1) is 0 Å². The van der Waals surface area contributed by atoms with Crippen molar-refractivity contribution >= 4 is 17.9 Å². The van der Waals surface area contributed by atoms with Gasteiger partial charge in [-0.2, -0.15) is 0 Å². The quantitative estimate of drug-likeness (QED) is 0.595. The van der Waals surface area contributed by atoms with E-state index < -0.39 is 5.69 Å². The largest absolute Gasteiger partial charge is 0.347 e. The van der Waals surface area contributed by atoms with E-state index in [-0.39, 0.29) is 6.54 Å². The molecule has 0 aromatic carbocycles. The van der Waals surface area contributed by atoms with Crippen LogP contribution in [-0.4, -0.2) is 15.8 Å². The molecule has 0 amide bonds. The summed E-state index contributed by atoms with van der Waals surface area (Å²) in [5.41, 5.74) is -0.471. The summed E-state index contributed by atoms with van der Waals surface area (Å²) in [6.07, 6.45) is 3.22. The van der Waals surface area contributed by atoms with Crippen LogP contribution in [-0.2, 0) is 11.3 Å². The minimum atomic E-state index is -0.471. The van der Waals surface area contributed by atoms with E-state index in [9.17, 15) is 9.59 Å². The molecule has 0 aliphatic carbocycles. The van der Waals surface area contributed by atoms with E-state index in [4.69, 9.17) is 11.6 Å². The molecule has 0 spiro atoms. The van der Waals surface area contributed by atoms with Crippen molar-refractivity contribution in [2.45, 2.75) is 6.54 Å². The molecule has 0 aliphatic heterocycles. The third kappa shape index (κ3) is 1.88. The Balaban J connectivity index is 3.12. The topological polar surface area (TPSA) is 52.0 Å². The van der Waals surface area contributed by atoms with Gasteiger partial charge >= 0.3 is 5.69 Å². The lowest BCUT2D eigenvalue weighted by Gasteiger charge is -1.97. The fourth-order valence-corrected chi connectivity index (χ4v) is 0.806. The molecule has 0 unspecified atom stereocenters. The molecule has 58 valence electrons. The van der Waals surface area contributed by atoms with Crippen molar-refractivity contribution in [3.8, 4) is 0 Å². The summed E-state index contributed by atoms with van der Waals surface area (Å²) < 4.78 is 1.13. The molecule has 4 nitrogen and oxygen atoms in total. The highest BCUT2D eigenvalue weighted by molar-refractivity contribution is 6.30. The first-order valence-electron chi connectivity index (χ1n) is 2.89. The summed E-state index contributed by atoms with van der Waals surface area (Å²) in [5, 5.41) is 0.339. The number of hydrogen-bond acceptors (Lipinski definition) is 3. The lowest BCUT2D eigenvalue weighted by molar-refractivity contribution is -0.108. The van der Waals surface area contributed by atoms with Gasteiger partial charge in [0.15, 0.2) is 0 Å². The number of carbonyl (C=O) groups excluding carboxylic acids is 1. The first-order chi connectivity index (χ1) is 5.24. The van der Waals surface area contributed by atoms with Crippen molar-refractivity contribution in [3.05, 3.63) is 27.9 Å². The molecule has 5 heteroatoms. The van der Waals surface area contributed by atoms with E-state index in [1.165, 1.54) is 12.4 Å². The molecule has 1 aromatic heterocycles. The van der Waals surface area contributed by atoms with Gasteiger partial charge in [0.05, 0.1) is 17.8 Å². The van der Waals surface area contributed by atoms with Gasteiger partial charge in [0, 0.05) is 6.20 Å². The molecule has 1 rings (SSSR count). The number of aromatic nitrogens is 2. The van der Waals surface area contributed by atoms with E-state index in [0.29, 0.717) is 11.3 Å². The molecule has 1 aromatic rings. The van der Waals surface area contributed by atoms with Gasteiger partial charge in [-0.3, -0.25) is 4.57 Å². The van der Waals surface area contributed by atoms with Crippen LogP contribution in [0.15, 0.2) is 17.2 Å². The average Bonchev–Trinajstić information content (AvgIpc) is 1.98. The van der Waals surface area contributed by atoms with E-state index in [1.807, 2.05) is 0 Å². The highest BCUT2D eigenvalue weighted by atomic mass is 35.5. The third-order valence-corrected chi connectivity index (χ3v) is 1.29. The molecular weight excluding hydrogens is 168 g/mol. The highest BCUT2D eigenvalue weighted by Gasteiger charge is 1.95. The summed E-state index contributed by atoms with van der Waals surface area (Å²) in [7, 11) is 0. The molecule has 0 radical (unpaired) electrons. The Kier molecular flexibility index (Phi) is 2.38. The molecular formula is C6H5ClN2O2. The maximum Gasteiger partial charge on any atom is 0.347 e. The van der Waals surface area contributed by atoms with E-state index in [2.05, 4.69) is 4.98 Å². The van der Waals surface area contributed by atoms with Crippen molar-refractivity contribution in [1.29, 1.82) is 0 Å². The Morgan fingerprint density at radius 2 is 2.45 bits per heavy atom. The first kappa shape index (κ1) is 7.94. The monoisotopic (exact) mass is 172 g/mol. The zero-order valence-electron chi connectivity index (χ0n) is 5.53. The Morgan fingerprint density at radius 3 is 3.09 bits per heavy atom.